The maximum absolute atomic E-state index is 12.1. The van der Waals surface area contributed by atoms with E-state index in [1.165, 1.54) is 0 Å². The van der Waals surface area contributed by atoms with Crippen LogP contribution in [0.25, 0.3) is 0 Å². The molecule has 0 N–H and O–H groups in total. The number of aryl methyl sites for hydroxylation is 1. The van der Waals surface area contributed by atoms with Crippen molar-refractivity contribution in [3.05, 3.63) is 63.9 Å². The molecular weight excluding hydrogens is 266 g/mol. The monoisotopic (exact) mass is 275 g/mol. The molecule has 0 aliphatic heterocycles. The van der Waals surface area contributed by atoms with Crippen molar-refractivity contribution in [1.29, 1.82) is 0 Å². The Morgan fingerprint density at radius 2 is 2.00 bits per heavy atom. The van der Waals surface area contributed by atoms with E-state index in [0.29, 0.717) is 11.1 Å². The fourth-order valence-corrected chi connectivity index (χ4v) is 1.94. The first-order valence-electron chi connectivity index (χ1n) is 4.89. The van der Waals surface area contributed by atoms with Crippen molar-refractivity contribution in [1.82, 2.24) is 4.98 Å². The van der Waals surface area contributed by atoms with Gasteiger partial charge in [-0.2, -0.15) is 0 Å². The highest BCUT2D eigenvalue weighted by atomic mass is 79.9. The van der Waals surface area contributed by atoms with Crippen molar-refractivity contribution in [2.45, 2.75) is 6.92 Å². The van der Waals surface area contributed by atoms with Crippen LogP contribution in [0, 0.1) is 6.92 Å². The van der Waals surface area contributed by atoms with Gasteiger partial charge in [-0.15, -0.1) is 0 Å². The van der Waals surface area contributed by atoms with Crippen molar-refractivity contribution >= 4 is 21.7 Å². The van der Waals surface area contributed by atoms with E-state index in [0.717, 1.165) is 10.0 Å². The Hall–Kier alpha value is -1.48. The number of hydrogen-bond acceptors (Lipinski definition) is 2. The maximum atomic E-state index is 12.1. The van der Waals surface area contributed by atoms with Crippen LogP contribution in [-0.4, -0.2) is 10.8 Å². The van der Waals surface area contributed by atoms with Gasteiger partial charge in [0.05, 0.1) is 0 Å². The molecule has 0 bridgehead atoms. The quantitative estimate of drug-likeness (QED) is 0.787. The summed E-state index contributed by atoms with van der Waals surface area (Å²) in [4.78, 5) is 16.2. The van der Waals surface area contributed by atoms with Crippen molar-refractivity contribution in [2.24, 2.45) is 0 Å². The number of carbonyl (C=O) groups excluding carboxylic acids is 1. The molecule has 1 heterocycles. The molecule has 0 aliphatic carbocycles. The molecular formula is C13H10BrNO. The summed E-state index contributed by atoms with van der Waals surface area (Å²) in [7, 11) is 0. The van der Waals surface area contributed by atoms with Crippen molar-refractivity contribution < 1.29 is 4.79 Å². The minimum Gasteiger partial charge on any atom is -0.289 e. The van der Waals surface area contributed by atoms with Gasteiger partial charge in [-0.3, -0.25) is 9.78 Å². The van der Waals surface area contributed by atoms with Crippen molar-refractivity contribution in [3.8, 4) is 0 Å². The molecule has 0 aliphatic rings. The average Bonchev–Trinajstić information content (AvgIpc) is 2.29. The van der Waals surface area contributed by atoms with Gasteiger partial charge in [-0.25, -0.2) is 0 Å². The summed E-state index contributed by atoms with van der Waals surface area (Å²) in [5.41, 5.74) is 2.26. The predicted molar refractivity (Wildman–Crippen MR) is 66.5 cm³/mol. The lowest BCUT2D eigenvalue weighted by atomic mass is 10.0. The number of pyridine rings is 1. The molecule has 80 valence electrons. The fourth-order valence-electron chi connectivity index (χ4n) is 1.48. The van der Waals surface area contributed by atoms with Crippen LogP contribution in [-0.2, 0) is 0 Å². The van der Waals surface area contributed by atoms with E-state index in [1.807, 2.05) is 31.2 Å². The highest BCUT2D eigenvalue weighted by Crippen LogP contribution is 2.19. The van der Waals surface area contributed by atoms with Crippen LogP contribution in [0.2, 0.25) is 0 Å². The van der Waals surface area contributed by atoms with Gasteiger partial charge in [0.15, 0.2) is 5.78 Å². The second-order valence-electron chi connectivity index (χ2n) is 3.56. The first kappa shape index (κ1) is 11.0. The molecule has 0 saturated carbocycles. The second-order valence-corrected chi connectivity index (χ2v) is 4.41. The number of halogens is 1. The number of benzene rings is 1. The minimum absolute atomic E-state index is 0.0105. The van der Waals surface area contributed by atoms with Gasteiger partial charge < -0.3 is 0 Å². The van der Waals surface area contributed by atoms with Crippen molar-refractivity contribution in [3.63, 3.8) is 0 Å². The third-order valence-electron chi connectivity index (χ3n) is 2.26. The molecule has 0 amide bonds. The van der Waals surface area contributed by atoms with Gasteiger partial charge in [0.2, 0.25) is 0 Å². The van der Waals surface area contributed by atoms with Gasteiger partial charge in [0.25, 0.3) is 0 Å². The largest absolute Gasteiger partial charge is 0.289 e. The van der Waals surface area contributed by atoms with E-state index in [1.54, 1.807) is 18.5 Å². The van der Waals surface area contributed by atoms with Crippen LogP contribution in [0.3, 0.4) is 0 Å². The highest BCUT2D eigenvalue weighted by Gasteiger charge is 2.11. The first-order chi connectivity index (χ1) is 7.68. The first-order valence-corrected chi connectivity index (χ1v) is 5.68. The molecule has 2 nitrogen and oxygen atoms in total. The van der Waals surface area contributed by atoms with E-state index in [9.17, 15) is 4.79 Å². The summed E-state index contributed by atoms with van der Waals surface area (Å²) < 4.78 is 0.807. The van der Waals surface area contributed by atoms with Gasteiger partial charge in [-0.1, -0.05) is 28.1 Å². The van der Waals surface area contributed by atoms with Crippen LogP contribution in [0.1, 0.15) is 21.5 Å². The fraction of sp³-hybridized carbons (Fsp3) is 0.0769. The summed E-state index contributed by atoms with van der Waals surface area (Å²) >= 11 is 3.37. The predicted octanol–water partition coefficient (Wildman–Crippen LogP) is 3.38. The van der Waals surface area contributed by atoms with E-state index >= 15 is 0 Å². The SMILES string of the molecule is Cc1cncc(C(=O)c2ccccc2Br)c1. The number of aromatic nitrogens is 1. The molecule has 0 saturated heterocycles. The molecule has 1 aromatic carbocycles. The van der Waals surface area contributed by atoms with Gasteiger partial charge in [0, 0.05) is 28.0 Å². The molecule has 0 spiro atoms. The molecule has 0 radical (unpaired) electrons. The summed E-state index contributed by atoms with van der Waals surface area (Å²) in [6.45, 7) is 1.92. The van der Waals surface area contributed by atoms with Crippen LogP contribution >= 0.6 is 15.9 Å². The molecule has 0 fully saturated rings. The number of nitrogens with zero attached hydrogens (tertiary/aromatic N) is 1. The van der Waals surface area contributed by atoms with E-state index < -0.39 is 0 Å². The van der Waals surface area contributed by atoms with Crippen LogP contribution < -0.4 is 0 Å². The van der Waals surface area contributed by atoms with Crippen LogP contribution in [0.4, 0.5) is 0 Å². The Bertz CT molecular complexity index is 537. The zero-order chi connectivity index (χ0) is 11.5. The third-order valence-corrected chi connectivity index (χ3v) is 2.95. The number of hydrogen-bond donors (Lipinski definition) is 0. The topological polar surface area (TPSA) is 30.0 Å². The molecule has 2 rings (SSSR count). The lowest BCUT2D eigenvalue weighted by Gasteiger charge is -2.03. The van der Waals surface area contributed by atoms with Gasteiger partial charge in [0.1, 0.15) is 0 Å². The minimum atomic E-state index is -0.0105. The zero-order valence-electron chi connectivity index (χ0n) is 8.77. The summed E-state index contributed by atoms with van der Waals surface area (Å²) in [5.74, 6) is -0.0105. The Labute approximate surface area is 102 Å². The van der Waals surface area contributed by atoms with E-state index in [2.05, 4.69) is 20.9 Å². The zero-order valence-corrected chi connectivity index (χ0v) is 10.4. The summed E-state index contributed by atoms with van der Waals surface area (Å²) in [6.07, 6.45) is 3.32. The Morgan fingerprint density at radius 1 is 1.25 bits per heavy atom. The number of carbonyl (C=O) groups is 1. The standard InChI is InChI=1S/C13H10BrNO/c1-9-6-10(8-15-7-9)13(16)11-4-2-3-5-12(11)14/h2-8H,1H3. The van der Waals surface area contributed by atoms with Crippen LogP contribution in [0.5, 0.6) is 0 Å². The summed E-state index contributed by atoms with van der Waals surface area (Å²) in [6, 6.07) is 9.23. The number of rotatable bonds is 2. The Kier molecular flexibility index (Phi) is 3.15. The third kappa shape index (κ3) is 2.19. The lowest BCUT2D eigenvalue weighted by Crippen LogP contribution is -2.03. The molecule has 3 heteroatoms. The second kappa shape index (κ2) is 4.58. The van der Waals surface area contributed by atoms with Gasteiger partial charge >= 0.3 is 0 Å². The number of ketones is 1. The Balaban J connectivity index is 2.44. The molecule has 0 unspecified atom stereocenters. The van der Waals surface area contributed by atoms with Gasteiger partial charge in [-0.05, 0) is 30.7 Å². The summed E-state index contributed by atoms with van der Waals surface area (Å²) in [5, 5.41) is 0. The van der Waals surface area contributed by atoms with E-state index in [-0.39, 0.29) is 5.78 Å². The Morgan fingerprint density at radius 3 is 2.69 bits per heavy atom. The van der Waals surface area contributed by atoms with Crippen molar-refractivity contribution in [2.75, 3.05) is 0 Å². The molecule has 0 atom stereocenters. The van der Waals surface area contributed by atoms with Crippen LogP contribution in [0.15, 0.2) is 47.2 Å². The molecule has 16 heavy (non-hydrogen) atoms. The lowest BCUT2D eigenvalue weighted by molar-refractivity contribution is 0.103. The maximum Gasteiger partial charge on any atom is 0.195 e. The normalized spacial score (nSPS) is 10.1. The van der Waals surface area contributed by atoms with E-state index in [4.69, 9.17) is 0 Å². The average molecular weight is 276 g/mol. The molecule has 2 aromatic rings. The highest BCUT2D eigenvalue weighted by molar-refractivity contribution is 9.10. The molecule has 1 aromatic heterocycles. The smallest absolute Gasteiger partial charge is 0.195 e.